The zero-order chi connectivity index (χ0) is 12.4. The summed E-state index contributed by atoms with van der Waals surface area (Å²) in [7, 11) is -0.726. The number of hydrogen-bond acceptors (Lipinski definition) is 4. The van der Waals surface area contributed by atoms with E-state index >= 15 is 0 Å². The van der Waals surface area contributed by atoms with Crippen molar-refractivity contribution in [3.8, 4) is 0 Å². The molecule has 2 heterocycles. The minimum Gasteiger partial charge on any atom is -0.310 e. The topological polar surface area (TPSA) is 46.4 Å². The Morgan fingerprint density at radius 1 is 1.53 bits per heavy atom. The molecule has 0 bridgehead atoms. The Morgan fingerprint density at radius 3 is 3.00 bits per heavy atom. The molecule has 17 heavy (non-hydrogen) atoms. The summed E-state index contributed by atoms with van der Waals surface area (Å²) < 4.78 is 13.1. The van der Waals surface area contributed by atoms with Crippen molar-refractivity contribution in [3.05, 3.63) is 22.5 Å². The minimum absolute atomic E-state index is 0.698. The van der Waals surface area contributed by atoms with Crippen molar-refractivity contribution in [3.63, 3.8) is 0 Å². The summed E-state index contributed by atoms with van der Waals surface area (Å²) in [6.07, 6.45) is 1.73. The first-order valence-corrected chi connectivity index (χ1v) is 8.13. The fourth-order valence-electron chi connectivity index (χ4n) is 1.80. The Kier molecular flexibility index (Phi) is 3.96. The molecule has 2 aromatic rings. The van der Waals surface area contributed by atoms with Gasteiger partial charge in [-0.15, -0.1) is 11.3 Å². The van der Waals surface area contributed by atoms with Crippen molar-refractivity contribution >= 4 is 27.1 Å². The van der Waals surface area contributed by atoms with Crippen LogP contribution in [-0.4, -0.2) is 32.1 Å². The number of aromatic nitrogens is 2. The maximum Gasteiger partial charge on any atom is 0.194 e. The van der Waals surface area contributed by atoms with Crippen LogP contribution in [0.15, 0.2) is 5.38 Å². The lowest BCUT2D eigenvalue weighted by Crippen LogP contribution is -2.21. The molecule has 0 saturated carbocycles. The van der Waals surface area contributed by atoms with Gasteiger partial charge < -0.3 is 5.32 Å². The molecule has 1 unspecified atom stereocenters. The van der Waals surface area contributed by atoms with Crippen LogP contribution in [0.25, 0.3) is 4.96 Å². The second-order valence-electron chi connectivity index (χ2n) is 4.09. The number of fused-ring (bicyclic) bond motifs is 1. The van der Waals surface area contributed by atoms with E-state index in [4.69, 9.17) is 0 Å². The van der Waals surface area contributed by atoms with Crippen LogP contribution in [0.3, 0.4) is 0 Å². The number of hydrogen-bond donors (Lipinski definition) is 1. The van der Waals surface area contributed by atoms with Gasteiger partial charge in [0.2, 0.25) is 0 Å². The van der Waals surface area contributed by atoms with Crippen LogP contribution < -0.4 is 5.32 Å². The van der Waals surface area contributed by atoms with Crippen LogP contribution in [0.1, 0.15) is 17.1 Å². The molecule has 0 saturated heterocycles. The highest BCUT2D eigenvalue weighted by Crippen LogP contribution is 2.20. The Balaban J connectivity index is 2.09. The van der Waals surface area contributed by atoms with E-state index < -0.39 is 10.8 Å². The molecule has 0 aromatic carbocycles. The number of thiazole rings is 1. The van der Waals surface area contributed by atoms with Gasteiger partial charge in [0.25, 0.3) is 0 Å². The minimum atomic E-state index is -0.726. The predicted octanol–water partition coefficient (Wildman–Crippen LogP) is 1.48. The molecule has 1 atom stereocenters. The second-order valence-corrected chi connectivity index (χ2v) is 6.48. The van der Waals surface area contributed by atoms with E-state index in [9.17, 15) is 4.21 Å². The van der Waals surface area contributed by atoms with Crippen molar-refractivity contribution < 1.29 is 4.21 Å². The maximum atomic E-state index is 11.0. The third kappa shape index (κ3) is 2.75. The molecule has 0 aliphatic carbocycles. The van der Waals surface area contributed by atoms with Gasteiger partial charge in [-0.1, -0.05) is 0 Å². The van der Waals surface area contributed by atoms with Gasteiger partial charge in [-0.2, -0.15) is 0 Å². The molecule has 0 radical (unpaired) electrons. The first kappa shape index (κ1) is 12.7. The van der Waals surface area contributed by atoms with E-state index in [0.717, 1.165) is 23.7 Å². The van der Waals surface area contributed by atoms with E-state index in [2.05, 4.69) is 27.0 Å². The summed E-state index contributed by atoms with van der Waals surface area (Å²) >= 11 is 1.67. The van der Waals surface area contributed by atoms with Crippen LogP contribution in [0.4, 0.5) is 0 Å². The van der Waals surface area contributed by atoms with E-state index in [1.54, 1.807) is 17.6 Å². The smallest absolute Gasteiger partial charge is 0.194 e. The summed E-state index contributed by atoms with van der Waals surface area (Å²) in [6.45, 7) is 5.68. The van der Waals surface area contributed by atoms with Crippen molar-refractivity contribution in [2.45, 2.75) is 20.4 Å². The number of imidazole rings is 1. The summed E-state index contributed by atoms with van der Waals surface area (Å²) in [6, 6.07) is 0. The summed E-state index contributed by atoms with van der Waals surface area (Å²) in [5.41, 5.74) is 3.51. The van der Waals surface area contributed by atoms with Crippen molar-refractivity contribution in [1.82, 2.24) is 14.7 Å². The molecular formula is C11H17N3OS2. The van der Waals surface area contributed by atoms with Gasteiger partial charge in [0.05, 0.1) is 11.4 Å². The highest BCUT2D eigenvalue weighted by Gasteiger charge is 2.11. The molecule has 0 fully saturated rings. The number of rotatable bonds is 5. The number of nitrogens with one attached hydrogen (secondary N) is 1. The molecule has 0 spiro atoms. The zero-order valence-electron chi connectivity index (χ0n) is 10.3. The average Bonchev–Trinajstić information content (AvgIpc) is 2.75. The van der Waals surface area contributed by atoms with Crippen LogP contribution in [0.2, 0.25) is 0 Å². The van der Waals surface area contributed by atoms with E-state index in [0.29, 0.717) is 5.75 Å². The molecule has 0 aliphatic heterocycles. The second kappa shape index (κ2) is 5.29. The van der Waals surface area contributed by atoms with E-state index in [-0.39, 0.29) is 0 Å². The standard InChI is InChI=1S/C11H17N3OS2/c1-8-7-16-11-13-9(2)10(14(8)11)6-12-4-5-17(3)15/h7,12H,4-6H2,1-3H3. The largest absolute Gasteiger partial charge is 0.310 e. The highest BCUT2D eigenvalue weighted by molar-refractivity contribution is 7.84. The van der Waals surface area contributed by atoms with Crippen molar-refractivity contribution in [2.75, 3.05) is 18.6 Å². The maximum absolute atomic E-state index is 11.0. The van der Waals surface area contributed by atoms with Crippen LogP contribution in [0.5, 0.6) is 0 Å². The molecule has 2 rings (SSSR count). The quantitative estimate of drug-likeness (QED) is 0.838. The van der Waals surface area contributed by atoms with Crippen LogP contribution in [-0.2, 0) is 17.3 Å². The average molecular weight is 271 g/mol. The van der Waals surface area contributed by atoms with Gasteiger partial charge in [0, 0.05) is 47.0 Å². The fraction of sp³-hybridized carbons (Fsp3) is 0.545. The molecule has 1 N–H and O–H groups in total. The SMILES string of the molecule is Cc1nc2scc(C)n2c1CNCCS(C)=O. The first-order valence-electron chi connectivity index (χ1n) is 5.52. The Bertz CT molecular complexity index is 544. The highest BCUT2D eigenvalue weighted by atomic mass is 32.2. The molecule has 6 heteroatoms. The van der Waals surface area contributed by atoms with Crippen LogP contribution in [0, 0.1) is 13.8 Å². The fourth-order valence-corrected chi connectivity index (χ4v) is 3.16. The van der Waals surface area contributed by atoms with Gasteiger partial charge in [-0.25, -0.2) is 4.98 Å². The Labute approximate surface area is 108 Å². The van der Waals surface area contributed by atoms with Gasteiger partial charge in [0.15, 0.2) is 4.96 Å². The number of nitrogens with zero attached hydrogens (tertiary/aromatic N) is 2. The predicted molar refractivity (Wildman–Crippen MR) is 73.2 cm³/mol. The third-order valence-corrected chi connectivity index (χ3v) is 4.41. The van der Waals surface area contributed by atoms with Crippen molar-refractivity contribution in [2.24, 2.45) is 0 Å². The molecule has 94 valence electrons. The summed E-state index contributed by atoms with van der Waals surface area (Å²) in [5, 5.41) is 5.44. The summed E-state index contributed by atoms with van der Waals surface area (Å²) in [4.78, 5) is 5.58. The molecule has 2 aromatic heterocycles. The summed E-state index contributed by atoms with van der Waals surface area (Å²) in [5.74, 6) is 0.698. The normalized spacial score (nSPS) is 13.4. The van der Waals surface area contributed by atoms with Crippen LogP contribution >= 0.6 is 11.3 Å². The zero-order valence-corrected chi connectivity index (χ0v) is 12.0. The lowest BCUT2D eigenvalue weighted by molar-refractivity contribution is 0.671. The molecular weight excluding hydrogens is 254 g/mol. The lowest BCUT2D eigenvalue weighted by atomic mass is 10.3. The monoisotopic (exact) mass is 271 g/mol. The van der Waals surface area contributed by atoms with Gasteiger partial charge in [0.1, 0.15) is 0 Å². The number of aryl methyl sites for hydroxylation is 2. The molecule has 4 nitrogen and oxygen atoms in total. The first-order chi connectivity index (χ1) is 8.09. The third-order valence-electron chi connectivity index (χ3n) is 2.69. The van der Waals surface area contributed by atoms with Crippen molar-refractivity contribution in [1.29, 1.82) is 0 Å². The Hall–Kier alpha value is -0.720. The van der Waals surface area contributed by atoms with E-state index in [1.807, 2.05) is 6.92 Å². The van der Waals surface area contributed by atoms with E-state index in [1.165, 1.54) is 11.4 Å². The Morgan fingerprint density at radius 2 is 2.29 bits per heavy atom. The lowest BCUT2D eigenvalue weighted by Gasteiger charge is -2.05. The van der Waals surface area contributed by atoms with Gasteiger partial charge >= 0.3 is 0 Å². The molecule has 0 aliphatic rings. The molecule has 0 amide bonds. The van der Waals surface area contributed by atoms with Gasteiger partial charge in [-0.3, -0.25) is 8.61 Å². The van der Waals surface area contributed by atoms with Gasteiger partial charge in [-0.05, 0) is 13.8 Å².